The molecule has 2 amide bonds. The summed E-state index contributed by atoms with van der Waals surface area (Å²) in [7, 11) is 3.16. The Balaban J connectivity index is 1.40. The van der Waals surface area contributed by atoms with E-state index in [2.05, 4.69) is 4.98 Å². The highest BCUT2D eigenvalue weighted by Gasteiger charge is 2.48. The molecule has 1 aromatic heterocycles. The van der Waals surface area contributed by atoms with E-state index in [0.717, 1.165) is 33.3 Å². The second kappa shape index (κ2) is 9.52. The third-order valence-electron chi connectivity index (χ3n) is 7.65. The van der Waals surface area contributed by atoms with Crippen molar-refractivity contribution in [2.75, 3.05) is 27.3 Å². The molecule has 1 N–H and O–H groups in total. The Labute approximate surface area is 219 Å². The number of nitrogens with one attached hydrogen (secondary N) is 1. The third-order valence-corrected chi connectivity index (χ3v) is 7.65. The van der Waals surface area contributed by atoms with Crippen molar-refractivity contribution in [2.24, 2.45) is 0 Å². The van der Waals surface area contributed by atoms with Crippen molar-refractivity contribution in [1.29, 1.82) is 0 Å². The van der Waals surface area contributed by atoms with E-state index in [4.69, 9.17) is 9.47 Å². The van der Waals surface area contributed by atoms with Crippen LogP contribution >= 0.6 is 0 Å². The number of fused-ring (bicyclic) bond motifs is 4. The van der Waals surface area contributed by atoms with Gasteiger partial charge in [-0.15, -0.1) is 0 Å². The van der Waals surface area contributed by atoms with E-state index in [0.29, 0.717) is 30.9 Å². The molecule has 0 saturated carbocycles. The Bertz CT molecular complexity index is 1530. The van der Waals surface area contributed by atoms with Gasteiger partial charge in [-0.05, 0) is 53.4 Å². The summed E-state index contributed by atoms with van der Waals surface area (Å²) in [6.07, 6.45) is 0.976. The summed E-state index contributed by atoms with van der Waals surface area (Å²) in [4.78, 5) is 34.5. The maximum Gasteiger partial charge on any atom is 0.246 e. The summed E-state index contributed by atoms with van der Waals surface area (Å²) >= 11 is 0. The maximum atomic E-state index is 13.9. The van der Waals surface area contributed by atoms with E-state index in [-0.39, 0.29) is 24.2 Å². The van der Waals surface area contributed by atoms with Gasteiger partial charge in [0.15, 0.2) is 11.5 Å². The monoisotopic (exact) mass is 513 g/mol. The first-order valence-electron chi connectivity index (χ1n) is 12.6. The van der Waals surface area contributed by atoms with E-state index in [9.17, 15) is 14.0 Å². The molecule has 3 heterocycles. The van der Waals surface area contributed by atoms with Gasteiger partial charge in [0, 0.05) is 29.6 Å². The molecule has 0 radical (unpaired) electrons. The van der Waals surface area contributed by atoms with Crippen LogP contribution in [0.25, 0.3) is 10.9 Å². The Kier molecular flexibility index (Phi) is 6.02. The van der Waals surface area contributed by atoms with Crippen LogP contribution < -0.4 is 9.47 Å². The average Bonchev–Trinajstić information content (AvgIpc) is 3.32. The zero-order valence-corrected chi connectivity index (χ0v) is 21.2. The van der Waals surface area contributed by atoms with Gasteiger partial charge in [-0.2, -0.15) is 0 Å². The van der Waals surface area contributed by atoms with E-state index in [1.807, 2.05) is 42.5 Å². The first kappa shape index (κ1) is 24.0. The van der Waals surface area contributed by atoms with Crippen LogP contribution in [0.1, 0.15) is 28.4 Å². The van der Waals surface area contributed by atoms with Crippen LogP contribution in [-0.4, -0.2) is 59.9 Å². The molecule has 0 unspecified atom stereocenters. The lowest BCUT2D eigenvalue weighted by atomic mass is 9.86. The second-order valence-electron chi connectivity index (χ2n) is 9.74. The standard InChI is InChI=1S/C30H28FN3O4/c1-37-25-12-9-19(15-26(25)38-2)29-28-22(21-5-3-4-6-23(21)32-28)16-24-30(36)33(17-27(35)34(24)29)14-13-18-7-10-20(31)11-8-18/h3-12,15,24,29,32H,13-14,16-17H2,1-2H3/t24-,29-/m0/s1. The number of piperazine rings is 1. The fourth-order valence-corrected chi connectivity index (χ4v) is 5.80. The van der Waals surface area contributed by atoms with Crippen LogP contribution in [0.4, 0.5) is 4.39 Å². The molecule has 2 aliphatic rings. The van der Waals surface area contributed by atoms with Crippen molar-refractivity contribution in [3.05, 3.63) is 94.9 Å². The minimum atomic E-state index is -0.630. The molecule has 8 heteroatoms. The highest BCUT2D eigenvalue weighted by Crippen LogP contribution is 2.44. The molecule has 0 aliphatic carbocycles. The van der Waals surface area contributed by atoms with Crippen molar-refractivity contribution in [2.45, 2.75) is 24.9 Å². The van der Waals surface area contributed by atoms with Crippen molar-refractivity contribution < 1.29 is 23.5 Å². The van der Waals surface area contributed by atoms with E-state index in [1.165, 1.54) is 12.1 Å². The molecule has 1 saturated heterocycles. The Morgan fingerprint density at radius 1 is 0.974 bits per heavy atom. The Morgan fingerprint density at radius 3 is 2.50 bits per heavy atom. The van der Waals surface area contributed by atoms with Gasteiger partial charge in [-0.1, -0.05) is 36.4 Å². The number of methoxy groups -OCH3 is 2. The summed E-state index contributed by atoms with van der Waals surface area (Å²) < 4.78 is 24.3. The zero-order valence-electron chi connectivity index (χ0n) is 21.2. The van der Waals surface area contributed by atoms with E-state index < -0.39 is 12.1 Å². The number of carbonyl (C=O) groups is 2. The molecular formula is C30H28FN3O4. The number of rotatable bonds is 6. The first-order valence-corrected chi connectivity index (χ1v) is 12.6. The van der Waals surface area contributed by atoms with Gasteiger partial charge in [0.1, 0.15) is 11.9 Å². The number of H-pyrrole nitrogens is 1. The van der Waals surface area contributed by atoms with Gasteiger partial charge in [-0.25, -0.2) is 4.39 Å². The molecule has 6 rings (SSSR count). The van der Waals surface area contributed by atoms with Crippen LogP contribution in [-0.2, 0) is 22.4 Å². The van der Waals surface area contributed by atoms with Crippen LogP contribution in [0, 0.1) is 5.82 Å². The Morgan fingerprint density at radius 2 is 1.74 bits per heavy atom. The smallest absolute Gasteiger partial charge is 0.246 e. The van der Waals surface area contributed by atoms with Crippen LogP contribution in [0.2, 0.25) is 0 Å². The summed E-state index contributed by atoms with van der Waals surface area (Å²) in [5.41, 5.74) is 4.68. The number of para-hydroxylation sites is 1. The molecule has 0 bridgehead atoms. The molecule has 4 aromatic rings. The predicted molar refractivity (Wildman–Crippen MR) is 141 cm³/mol. The fraction of sp³-hybridized carbons (Fsp3) is 0.267. The number of nitrogens with zero attached hydrogens (tertiary/aromatic N) is 2. The lowest BCUT2D eigenvalue weighted by Gasteiger charge is -2.47. The normalized spacial score (nSPS) is 18.9. The molecule has 194 valence electrons. The van der Waals surface area contributed by atoms with Crippen LogP contribution in [0.15, 0.2) is 66.7 Å². The number of aromatic nitrogens is 1. The minimum absolute atomic E-state index is 0.00409. The number of hydrogen-bond donors (Lipinski definition) is 1. The van der Waals surface area contributed by atoms with Crippen LogP contribution in [0.5, 0.6) is 11.5 Å². The van der Waals surface area contributed by atoms with Gasteiger partial charge in [0.05, 0.1) is 26.8 Å². The minimum Gasteiger partial charge on any atom is -0.493 e. The maximum absolute atomic E-state index is 13.9. The highest BCUT2D eigenvalue weighted by atomic mass is 19.1. The molecule has 7 nitrogen and oxygen atoms in total. The SMILES string of the molecule is COc1ccc([C@H]2c3[nH]c4ccccc4c3C[C@H]3C(=O)N(CCc4ccc(F)cc4)CC(=O)N23)cc1OC. The summed E-state index contributed by atoms with van der Waals surface area (Å²) in [5, 5.41) is 1.05. The summed E-state index contributed by atoms with van der Waals surface area (Å²) in [6.45, 7) is 0.387. The second-order valence-corrected chi connectivity index (χ2v) is 9.74. The quantitative estimate of drug-likeness (QED) is 0.418. The first-order chi connectivity index (χ1) is 18.5. The van der Waals surface area contributed by atoms with Gasteiger partial charge < -0.3 is 24.3 Å². The molecular weight excluding hydrogens is 485 g/mol. The predicted octanol–water partition coefficient (Wildman–Crippen LogP) is 4.25. The fourth-order valence-electron chi connectivity index (χ4n) is 5.80. The van der Waals surface area contributed by atoms with Crippen molar-refractivity contribution >= 4 is 22.7 Å². The van der Waals surface area contributed by atoms with Crippen LogP contribution in [0.3, 0.4) is 0 Å². The number of ether oxygens (including phenoxy) is 2. The highest BCUT2D eigenvalue weighted by molar-refractivity contribution is 5.97. The van der Waals surface area contributed by atoms with E-state index >= 15 is 0 Å². The average molecular weight is 514 g/mol. The van der Waals surface area contributed by atoms with Gasteiger partial charge in [0.25, 0.3) is 0 Å². The van der Waals surface area contributed by atoms with Gasteiger partial charge in [-0.3, -0.25) is 9.59 Å². The van der Waals surface area contributed by atoms with Gasteiger partial charge in [0.2, 0.25) is 11.8 Å². The van der Waals surface area contributed by atoms with Crippen molar-refractivity contribution in [1.82, 2.24) is 14.8 Å². The third kappa shape index (κ3) is 3.97. The van der Waals surface area contributed by atoms with Gasteiger partial charge >= 0.3 is 0 Å². The number of aromatic amines is 1. The molecule has 2 atom stereocenters. The molecule has 0 spiro atoms. The van der Waals surface area contributed by atoms with Crippen molar-refractivity contribution in [3.63, 3.8) is 0 Å². The number of amides is 2. The molecule has 38 heavy (non-hydrogen) atoms. The molecule has 2 aliphatic heterocycles. The number of hydrogen-bond acceptors (Lipinski definition) is 4. The zero-order chi connectivity index (χ0) is 26.4. The largest absolute Gasteiger partial charge is 0.493 e. The Hall–Kier alpha value is -4.33. The number of benzene rings is 3. The summed E-state index contributed by atoms with van der Waals surface area (Å²) in [6, 6.07) is 18.8. The number of halogens is 1. The topological polar surface area (TPSA) is 74.9 Å². The lowest BCUT2D eigenvalue weighted by molar-refractivity contribution is -0.158. The molecule has 1 fully saturated rings. The number of carbonyl (C=O) groups excluding carboxylic acids is 2. The molecule has 3 aromatic carbocycles. The van der Waals surface area contributed by atoms with Crippen molar-refractivity contribution in [3.8, 4) is 11.5 Å². The lowest BCUT2D eigenvalue weighted by Crippen LogP contribution is -2.63. The van der Waals surface area contributed by atoms with E-state index in [1.54, 1.807) is 36.2 Å². The summed E-state index contributed by atoms with van der Waals surface area (Å²) in [5.74, 6) is 0.660.